The molecule has 0 aliphatic heterocycles. The number of anilines is 2. The van der Waals surface area contributed by atoms with Gasteiger partial charge in [0.15, 0.2) is 0 Å². The number of halogens is 2. The third-order valence-corrected chi connectivity index (χ3v) is 5.84. The molecule has 128 valence electrons. The summed E-state index contributed by atoms with van der Waals surface area (Å²) < 4.78 is 27.9. The molecule has 0 heterocycles. The minimum absolute atomic E-state index is 0.0564. The smallest absolute Gasteiger partial charge is 0.263 e. The second-order valence-electron chi connectivity index (χ2n) is 5.31. The van der Waals surface area contributed by atoms with Crippen molar-refractivity contribution in [1.82, 2.24) is 0 Å². The second-order valence-corrected chi connectivity index (χ2v) is 7.72. The van der Waals surface area contributed by atoms with Crippen LogP contribution in [0.3, 0.4) is 0 Å². The third kappa shape index (κ3) is 4.01. The Morgan fingerprint density at radius 3 is 2.33 bits per heavy atom. The van der Waals surface area contributed by atoms with E-state index in [2.05, 4.69) is 10.0 Å². The lowest BCUT2D eigenvalue weighted by Crippen LogP contribution is -2.16. The number of carbonyl (C=O) groups excluding carboxylic acids is 1. The molecular weight excluding hydrogens is 371 g/mol. The highest BCUT2D eigenvalue weighted by Gasteiger charge is 2.24. The van der Waals surface area contributed by atoms with Gasteiger partial charge in [-0.25, -0.2) is 8.42 Å². The molecule has 24 heavy (non-hydrogen) atoms. The van der Waals surface area contributed by atoms with Crippen LogP contribution in [-0.4, -0.2) is 14.3 Å². The Bertz CT molecular complexity index is 886. The maximum absolute atomic E-state index is 12.7. The van der Waals surface area contributed by atoms with Crippen molar-refractivity contribution >= 4 is 50.5 Å². The number of benzene rings is 2. The summed E-state index contributed by atoms with van der Waals surface area (Å²) in [6.07, 6.45) is 0. The zero-order valence-corrected chi connectivity index (χ0v) is 15.6. The van der Waals surface area contributed by atoms with E-state index in [1.54, 1.807) is 38.1 Å². The summed E-state index contributed by atoms with van der Waals surface area (Å²) in [6.45, 7) is 4.65. The van der Waals surface area contributed by atoms with Gasteiger partial charge in [-0.2, -0.15) is 0 Å². The van der Waals surface area contributed by atoms with Crippen molar-refractivity contribution in [2.75, 3.05) is 10.0 Å². The van der Waals surface area contributed by atoms with E-state index >= 15 is 0 Å². The highest BCUT2D eigenvalue weighted by Crippen LogP contribution is 2.34. The summed E-state index contributed by atoms with van der Waals surface area (Å²) in [5, 5.41) is 3.04. The first kappa shape index (κ1) is 18.6. The van der Waals surface area contributed by atoms with Crippen molar-refractivity contribution < 1.29 is 13.2 Å². The van der Waals surface area contributed by atoms with Gasteiger partial charge in [0.2, 0.25) is 5.91 Å². The predicted octanol–water partition coefficient (Wildman–Crippen LogP) is 4.37. The number of amides is 1. The summed E-state index contributed by atoms with van der Waals surface area (Å²) in [7, 11) is -3.94. The van der Waals surface area contributed by atoms with Crippen molar-refractivity contribution in [3.8, 4) is 0 Å². The topological polar surface area (TPSA) is 75.3 Å². The molecule has 2 aromatic carbocycles. The van der Waals surface area contributed by atoms with E-state index < -0.39 is 10.0 Å². The van der Waals surface area contributed by atoms with Gasteiger partial charge in [-0.1, -0.05) is 29.3 Å². The fourth-order valence-electron chi connectivity index (χ4n) is 2.20. The van der Waals surface area contributed by atoms with Crippen LogP contribution in [0.1, 0.15) is 18.1 Å². The van der Waals surface area contributed by atoms with Crippen molar-refractivity contribution in [2.45, 2.75) is 25.7 Å². The fraction of sp³-hybridized carbons (Fsp3) is 0.188. The van der Waals surface area contributed by atoms with Gasteiger partial charge >= 0.3 is 0 Å². The maximum atomic E-state index is 12.7. The van der Waals surface area contributed by atoms with Gasteiger partial charge in [-0.15, -0.1) is 0 Å². The lowest BCUT2D eigenvalue weighted by molar-refractivity contribution is -0.114. The lowest BCUT2D eigenvalue weighted by atomic mass is 10.2. The highest BCUT2D eigenvalue weighted by atomic mass is 35.5. The fourth-order valence-corrected chi connectivity index (χ4v) is 4.47. The summed E-state index contributed by atoms with van der Waals surface area (Å²) in [5.74, 6) is -0.251. The Morgan fingerprint density at radius 1 is 1.08 bits per heavy atom. The molecule has 0 bridgehead atoms. The Labute approximate surface area is 151 Å². The zero-order chi connectivity index (χ0) is 18.1. The van der Waals surface area contributed by atoms with Gasteiger partial charge in [0.05, 0.1) is 10.7 Å². The van der Waals surface area contributed by atoms with E-state index in [-0.39, 0.29) is 15.8 Å². The lowest BCUT2D eigenvalue weighted by Gasteiger charge is -2.15. The van der Waals surface area contributed by atoms with Crippen molar-refractivity contribution in [1.29, 1.82) is 0 Å². The van der Waals surface area contributed by atoms with Gasteiger partial charge in [0.1, 0.15) is 4.90 Å². The number of carbonyl (C=O) groups is 1. The molecule has 0 aromatic heterocycles. The van der Waals surface area contributed by atoms with Crippen molar-refractivity contribution in [3.05, 3.63) is 51.5 Å². The molecule has 2 aromatic rings. The Morgan fingerprint density at radius 2 is 1.71 bits per heavy atom. The minimum atomic E-state index is -3.94. The number of sulfonamides is 1. The predicted molar refractivity (Wildman–Crippen MR) is 97.5 cm³/mol. The van der Waals surface area contributed by atoms with Gasteiger partial charge in [0.25, 0.3) is 10.0 Å². The molecule has 1 amide bonds. The molecule has 0 saturated carbocycles. The van der Waals surface area contributed by atoms with Gasteiger partial charge in [-0.3, -0.25) is 9.52 Å². The van der Waals surface area contributed by atoms with Gasteiger partial charge in [0, 0.05) is 17.6 Å². The van der Waals surface area contributed by atoms with Crippen molar-refractivity contribution in [2.24, 2.45) is 0 Å². The van der Waals surface area contributed by atoms with Crippen LogP contribution in [0.15, 0.2) is 35.2 Å². The number of nitrogens with one attached hydrogen (secondary N) is 2. The summed E-state index contributed by atoms with van der Waals surface area (Å²) >= 11 is 12.3. The minimum Gasteiger partial charge on any atom is -0.326 e. The summed E-state index contributed by atoms with van der Waals surface area (Å²) in [6, 6.07) is 7.99. The van der Waals surface area contributed by atoms with Gasteiger partial charge in [-0.05, 0) is 49.2 Å². The molecule has 0 aliphatic rings. The largest absolute Gasteiger partial charge is 0.326 e. The molecule has 0 saturated heterocycles. The molecular formula is C16H16Cl2N2O3S. The van der Waals surface area contributed by atoms with Crippen LogP contribution in [0, 0.1) is 13.8 Å². The molecule has 2 N–H and O–H groups in total. The van der Waals surface area contributed by atoms with E-state index in [1.165, 1.54) is 13.0 Å². The van der Waals surface area contributed by atoms with Crippen LogP contribution in [0.25, 0.3) is 0 Å². The zero-order valence-electron chi connectivity index (χ0n) is 13.3. The molecule has 0 radical (unpaired) electrons. The number of hydrogen-bond donors (Lipinski definition) is 2. The molecule has 0 atom stereocenters. The van der Waals surface area contributed by atoms with E-state index in [1.807, 2.05) is 0 Å². The summed E-state index contributed by atoms with van der Waals surface area (Å²) in [5.41, 5.74) is 1.72. The normalized spacial score (nSPS) is 11.2. The first-order chi connectivity index (χ1) is 11.1. The molecule has 2 rings (SSSR count). The third-order valence-electron chi connectivity index (χ3n) is 3.29. The average molecular weight is 387 g/mol. The molecule has 8 heteroatoms. The molecule has 0 spiro atoms. The SMILES string of the molecule is CC(=O)Nc1cccc(NS(=O)(=O)c2c(C)c(Cl)cc(C)c2Cl)c1. The first-order valence-electron chi connectivity index (χ1n) is 6.97. The number of hydrogen-bond acceptors (Lipinski definition) is 3. The Balaban J connectivity index is 2.45. The van der Waals surface area contributed by atoms with Crippen LogP contribution in [0.4, 0.5) is 11.4 Å². The van der Waals surface area contributed by atoms with E-state index in [0.29, 0.717) is 27.5 Å². The molecule has 0 unspecified atom stereocenters. The van der Waals surface area contributed by atoms with E-state index in [4.69, 9.17) is 23.2 Å². The molecule has 0 aliphatic carbocycles. The van der Waals surface area contributed by atoms with Gasteiger partial charge < -0.3 is 5.32 Å². The quantitative estimate of drug-likeness (QED) is 0.818. The van der Waals surface area contributed by atoms with Crippen LogP contribution in [-0.2, 0) is 14.8 Å². The Hall–Kier alpha value is -1.76. The molecule has 0 fully saturated rings. The monoisotopic (exact) mass is 386 g/mol. The number of rotatable bonds is 4. The highest BCUT2D eigenvalue weighted by molar-refractivity contribution is 7.93. The molecule has 5 nitrogen and oxygen atoms in total. The van der Waals surface area contributed by atoms with E-state index in [9.17, 15) is 13.2 Å². The standard InChI is InChI=1S/C16H16Cl2N2O3S/c1-9-7-14(17)10(2)16(15(9)18)24(22,23)20-13-6-4-5-12(8-13)19-11(3)21/h4-8,20H,1-3H3,(H,19,21). The number of aryl methyl sites for hydroxylation is 1. The Kier molecular flexibility index (Phi) is 5.42. The van der Waals surface area contributed by atoms with E-state index in [0.717, 1.165) is 0 Å². The second kappa shape index (κ2) is 7.01. The first-order valence-corrected chi connectivity index (χ1v) is 9.21. The van der Waals surface area contributed by atoms with Crippen LogP contribution in [0.5, 0.6) is 0 Å². The van der Waals surface area contributed by atoms with Crippen LogP contribution in [0.2, 0.25) is 10.0 Å². The summed E-state index contributed by atoms with van der Waals surface area (Å²) in [4.78, 5) is 11.1. The average Bonchev–Trinajstić information content (AvgIpc) is 2.44. The maximum Gasteiger partial charge on any atom is 0.263 e. The van der Waals surface area contributed by atoms with Crippen molar-refractivity contribution in [3.63, 3.8) is 0 Å². The van der Waals surface area contributed by atoms with Crippen LogP contribution < -0.4 is 10.0 Å². The van der Waals surface area contributed by atoms with Crippen LogP contribution >= 0.6 is 23.2 Å².